The van der Waals surface area contributed by atoms with Crippen molar-refractivity contribution in [1.82, 2.24) is 14.5 Å². The van der Waals surface area contributed by atoms with Crippen molar-refractivity contribution in [2.75, 3.05) is 13.6 Å². The number of aromatic nitrogens is 2. The van der Waals surface area contributed by atoms with Crippen LogP contribution in [0.5, 0.6) is 0 Å². The Morgan fingerprint density at radius 2 is 2.43 bits per heavy atom. The molecule has 3 heteroatoms. The summed E-state index contributed by atoms with van der Waals surface area (Å²) in [4.78, 5) is 6.71. The Bertz CT molecular complexity index is 292. The molecule has 1 aliphatic rings. The summed E-state index contributed by atoms with van der Waals surface area (Å²) in [6.45, 7) is 4.42. The molecule has 0 aromatic carbocycles. The van der Waals surface area contributed by atoms with E-state index in [-0.39, 0.29) is 0 Å². The lowest BCUT2D eigenvalue weighted by molar-refractivity contribution is 0.286. The average molecular weight is 193 g/mol. The lowest BCUT2D eigenvalue weighted by Crippen LogP contribution is -2.25. The molecule has 0 radical (unpaired) electrons. The largest absolute Gasteiger partial charge is 0.337 e. The van der Waals surface area contributed by atoms with Gasteiger partial charge in [0.1, 0.15) is 0 Å². The summed E-state index contributed by atoms with van der Waals surface area (Å²) >= 11 is 0. The van der Waals surface area contributed by atoms with Crippen molar-refractivity contribution in [3.05, 3.63) is 18.2 Å². The standard InChI is InChI=1S/C11H19N3/c1-10-8-14(9-12-10)7-5-11-4-3-6-13(11)2/h8-9,11H,3-7H2,1-2H3/t11-/m1/s1. The Balaban J connectivity index is 1.82. The number of hydrogen-bond donors (Lipinski definition) is 0. The van der Waals surface area contributed by atoms with Gasteiger partial charge >= 0.3 is 0 Å². The first-order chi connectivity index (χ1) is 6.75. The van der Waals surface area contributed by atoms with Crippen LogP contribution in [-0.2, 0) is 6.54 Å². The Labute approximate surface area is 85.7 Å². The zero-order valence-electron chi connectivity index (χ0n) is 9.11. The molecule has 0 unspecified atom stereocenters. The zero-order chi connectivity index (χ0) is 9.97. The third-order valence-corrected chi connectivity index (χ3v) is 3.15. The highest BCUT2D eigenvalue weighted by atomic mass is 15.1. The number of likely N-dealkylation sites (tertiary alicyclic amines) is 1. The number of nitrogens with zero attached hydrogens (tertiary/aromatic N) is 3. The summed E-state index contributed by atoms with van der Waals surface area (Å²) in [6, 6.07) is 0.790. The molecule has 0 aliphatic carbocycles. The predicted octanol–water partition coefficient (Wildman–Crippen LogP) is 1.68. The monoisotopic (exact) mass is 193 g/mol. The fraction of sp³-hybridized carbons (Fsp3) is 0.727. The predicted molar refractivity (Wildman–Crippen MR) is 57.2 cm³/mol. The van der Waals surface area contributed by atoms with Gasteiger partial charge in [0.25, 0.3) is 0 Å². The second kappa shape index (κ2) is 4.13. The maximum absolute atomic E-state index is 4.23. The molecule has 2 rings (SSSR count). The molecule has 1 atom stereocenters. The van der Waals surface area contributed by atoms with Crippen LogP contribution in [0, 0.1) is 6.92 Å². The average Bonchev–Trinajstić information content (AvgIpc) is 2.72. The van der Waals surface area contributed by atoms with Crippen LogP contribution in [0.1, 0.15) is 25.0 Å². The minimum absolute atomic E-state index is 0.790. The minimum atomic E-state index is 0.790. The molecule has 0 saturated carbocycles. The SMILES string of the molecule is Cc1cn(CC[C@H]2CCCN2C)cn1. The molecule has 0 spiro atoms. The molecule has 1 aromatic heterocycles. The molecular formula is C11H19N3. The topological polar surface area (TPSA) is 21.1 Å². The van der Waals surface area contributed by atoms with Crippen LogP contribution in [-0.4, -0.2) is 34.1 Å². The molecule has 2 heterocycles. The van der Waals surface area contributed by atoms with Crippen molar-refractivity contribution in [3.8, 4) is 0 Å². The van der Waals surface area contributed by atoms with Gasteiger partial charge in [-0.25, -0.2) is 4.98 Å². The first-order valence-corrected chi connectivity index (χ1v) is 5.44. The van der Waals surface area contributed by atoms with Crippen molar-refractivity contribution in [1.29, 1.82) is 0 Å². The Morgan fingerprint density at radius 3 is 3.00 bits per heavy atom. The van der Waals surface area contributed by atoms with Crippen LogP contribution < -0.4 is 0 Å². The van der Waals surface area contributed by atoms with Gasteiger partial charge in [0.15, 0.2) is 0 Å². The Kier molecular flexibility index (Phi) is 2.87. The molecule has 3 nitrogen and oxygen atoms in total. The number of aryl methyl sites for hydroxylation is 2. The number of imidazole rings is 1. The first-order valence-electron chi connectivity index (χ1n) is 5.44. The van der Waals surface area contributed by atoms with E-state index in [1.54, 1.807) is 0 Å². The van der Waals surface area contributed by atoms with Gasteiger partial charge < -0.3 is 9.47 Å². The smallest absolute Gasteiger partial charge is 0.0949 e. The van der Waals surface area contributed by atoms with Gasteiger partial charge in [0, 0.05) is 18.8 Å². The third-order valence-electron chi connectivity index (χ3n) is 3.15. The highest BCUT2D eigenvalue weighted by Crippen LogP contribution is 2.18. The molecule has 1 aromatic rings. The number of hydrogen-bond acceptors (Lipinski definition) is 2. The molecule has 14 heavy (non-hydrogen) atoms. The maximum atomic E-state index is 4.23. The highest BCUT2D eigenvalue weighted by molar-refractivity contribution is 4.92. The molecule has 0 amide bonds. The van der Waals surface area contributed by atoms with Crippen LogP contribution in [0.15, 0.2) is 12.5 Å². The van der Waals surface area contributed by atoms with Gasteiger partial charge in [0.2, 0.25) is 0 Å². The van der Waals surface area contributed by atoms with E-state index in [1.807, 2.05) is 13.3 Å². The quantitative estimate of drug-likeness (QED) is 0.728. The summed E-state index contributed by atoms with van der Waals surface area (Å²) in [5.41, 5.74) is 1.12. The molecule has 0 bridgehead atoms. The van der Waals surface area contributed by atoms with Crippen LogP contribution in [0.25, 0.3) is 0 Å². The van der Waals surface area contributed by atoms with Crippen molar-refractivity contribution >= 4 is 0 Å². The van der Waals surface area contributed by atoms with Crippen LogP contribution >= 0.6 is 0 Å². The van der Waals surface area contributed by atoms with E-state index < -0.39 is 0 Å². The van der Waals surface area contributed by atoms with Crippen molar-refractivity contribution in [2.45, 2.75) is 38.8 Å². The molecular weight excluding hydrogens is 174 g/mol. The van der Waals surface area contributed by atoms with E-state index >= 15 is 0 Å². The summed E-state index contributed by atoms with van der Waals surface area (Å²) in [6.07, 6.45) is 8.04. The van der Waals surface area contributed by atoms with Gasteiger partial charge in [-0.3, -0.25) is 0 Å². The van der Waals surface area contributed by atoms with Crippen molar-refractivity contribution in [2.24, 2.45) is 0 Å². The number of rotatable bonds is 3. The highest BCUT2D eigenvalue weighted by Gasteiger charge is 2.19. The van der Waals surface area contributed by atoms with Crippen LogP contribution in [0.3, 0.4) is 0 Å². The lowest BCUT2D eigenvalue weighted by Gasteiger charge is -2.19. The zero-order valence-corrected chi connectivity index (χ0v) is 9.11. The molecule has 0 N–H and O–H groups in total. The molecule has 1 saturated heterocycles. The second-order valence-electron chi connectivity index (χ2n) is 4.32. The van der Waals surface area contributed by atoms with Gasteiger partial charge in [-0.15, -0.1) is 0 Å². The third kappa shape index (κ3) is 2.15. The summed E-state index contributed by atoms with van der Waals surface area (Å²) < 4.78 is 2.20. The molecule has 1 aliphatic heterocycles. The molecule has 1 fully saturated rings. The van der Waals surface area contributed by atoms with Gasteiger partial charge in [-0.05, 0) is 39.8 Å². The fourth-order valence-electron chi connectivity index (χ4n) is 2.24. The van der Waals surface area contributed by atoms with Crippen molar-refractivity contribution < 1.29 is 0 Å². The van der Waals surface area contributed by atoms with E-state index in [2.05, 4.69) is 27.7 Å². The van der Waals surface area contributed by atoms with Gasteiger partial charge in [0.05, 0.1) is 12.0 Å². The van der Waals surface area contributed by atoms with E-state index in [9.17, 15) is 0 Å². The van der Waals surface area contributed by atoms with Gasteiger partial charge in [-0.2, -0.15) is 0 Å². The van der Waals surface area contributed by atoms with E-state index in [1.165, 1.54) is 25.8 Å². The summed E-state index contributed by atoms with van der Waals surface area (Å²) in [5.74, 6) is 0. The normalized spacial score (nSPS) is 23.1. The van der Waals surface area contributed by atoms with E-state index in [4.69, 9.17) is 0 Å². The Hall–Kier alpha value is -0.830. The lowest BCUT2D eigenvalue weighted by atomic mass is 10.1. The fourth-order valence-corrected chi connectivity index (χ4v) is 2.24. The first kappa shape index (κ1) is 9.71. The van der Waals surface area contributed by atoms with E-state index in [0.717, 1.165) is 18.3 Å². The van der Waals surface area contributed by atoms with E-state index in [0.29, 0.717) is 0 Å². The summed E-state index contributed by atoms with van der Waals surface area (Å²) in [7, 11) is 2.23. The molecule has 78 valence electrons. The second-order valence-corrected chi connectivity index (χ2v) is 4.32. The van der Waals surface area contributed by atoms with Crippen LogP contribution in [0.2, 0.25) is 0 Å². The summed E-state index contributed by atoms with van der Waals surface area (Å²) in [5, 5.41) is 0. The van der Waals surface area contributed by atoms with Crippen LogP contribution in [0.4, 0.5) is 0 Å². The minimum Gasteiger partial charge on any atom is -0.337 e. The van der Waals surface area contributed by atoms with Gasteiger partial charge in [-0.1, -0.05) is 0 Å². The van der Waals surface area contributed by atoms with Crippen molar-refractivity contribution in [3.63, 3.8) is 0 Å². The maximum Gasteiger partial charge on any atom is 0.0949 e. The Morgan fingerprint density at radius 1 is 1.57 bits per heavy atom.